The molecule has 3 amide bonds. The van der Waals surface area contributed by atoms with Crippen molar-refractivity contribution >= 4 is 46.7 Å². The molecule has 0 saturated carbocycles. The fourth-order valence-electron chi connectivity index (χ4n) is 3.51. The number of benzene rings is 2. The van der Waals surface area contributed by atoms with E-state index in [1.54, 1.807) is 30.0 Å². The molecule has 0 radical (unpaired) electrons. The number of carbonyl (C=O) groups excluding carboxylic acids is 2. The standard InChI is InChI=1S/C24H22ClF3N6O3S/c1-13-3-4-16(32-22(36)31-15-5-6-18(25)17(11-15)24(26,27)28)12-19(13)38-23-30-14(2)29-20(33-23)21(35)34-7-9-37-10-8-34/h3-6,11-12H,7-10H2,1-2H3,(H2,31,32,36). The van der Waals surface area contributed by atoms with Gasteiger partial charge in [0.25, 0.3) is 5.91 Å². The number of hydrogen-bond donors (Lipinski definition) is 2. The maximum atomic E-state index is 13.1. The molecule has 9 nitrogen and oxygen atoms in total. The highest BCUT2D eigenvalue weighted by Crippen LogP contribution is 2.36. The summed E-state index contributed by atoms with van der Waals surface area (Å²) in [5, 5.41) is 4.81. The number of ether oxygens (including phenoxy) is 1. The molecule has 1 fully saturated rings. The number of anilines is 2. The molecule has 14 heteroatoms. The molecule has 3 aromatic rings. The van der Waals surface area contributed by atoms with Crippen molar-refractivity contribution in [2.75, 3.05) is 36.9 Å². The van der Waals surface area contributed by atoms with Crippen LogP contribution in [0.3, 0.4) is 0 Å². The van der Waals surface area contributed by atoms with Crippen LogP contribution in [0.5, 0.6) is 0 Å². The van der Waals surface area contributed by atoms with E-state index < -0.39 is 22.8 Å². The smallest absolute Gasteiger partial charge is 0.378 e. The zero-order chi connectivity index (χ0) is 27.4. The Balaban J connectivity index is 1.48. The number of halogens is 4. The zero-order valence-electron chi connectivity index (χ0n) is 20.2. The molecule has 0 unspecified atom stereocenters. The molecule has 1 saturated heterocycles. The van der Waals surface area contributed by atoms with E-state index in [9.17, 15) is 22.8 Å². The van der Waals surface area contributed by atoms with Crippen LogP contribution < -0.4 is 10.6 Å². The number of urea groups is 1. The van der Waals surface area contributed by atoms with Gasteiger partial charge in [-0.2, -0.15) is 18.2 Å². The summed E-state index contributed by atoms with van der Waals surface area (Å²) in [5.41, 5.74) is 0.118. The van der Waals surface area contributed by atoms with Gasteiger partial charge in [0.15, 0.2) is 5.16 Å². The maximum absolute atomic E-state index is 13.1. The van der Waals surface area contributed by atoms with Crippen LogP contribution in [0, 0.1) is 13.8 Å². The second-order valence-corrected chi connectivity index (χ2v) is 9.66. The third-order valence-electron chi connectivity index (χ3n) is 5.39. The summed E-state index contributed by atoms with van der Waals surface area (Å²) in [6.07, 6.45) is -4.66. The number of nitrogens with one attached hydrogen (secondary N) is 2. The predicted molar refractivity (Wildman–Crippen MR) is 136 cm³/mol. The molecule has 1 aliphatic heterocycles. The topological polar surface area (TPSA) is 109 Å². The lowest BCUT2D eigenvalue weighted by atomic mass is 10.2. The van der Waals surface area contributed by atoms with Crippen LogP contribution in [-0.4, -0.2) is 58.1 Å². The minimum absolute atomic E-state index is 0.0365. The van der Waals surface area contributed by atoms with Crippen molar-refractivity contribution in [3.8, 4) is 0 Å². The second kappa shape index (κ2) is 11.5. The third-order valence-corrected chi connectivity index (χ3v) is 6.75. The van der Waals surface area contributed by atoms with Crippen LogP contribution >= 0.6 is 23.4 Å². The number of aromatic nitrogens is 3. The molecule has 0 bridgehead atoms. The van der Waals surface area contributed by atoms with Gasteiger partial charge in [-0.15, -0.1) is 0 Å². The molecule has 4 rings (SSSR count). The Hall–Kier alpha value is -3.42. The molecule has 1 aliphatic rings. The summed E-state index contributed by atoms with van der Waals surface area (Å²) in [5.74, 6) is 0.112. The van der Waals surface area contributed by atoms with Crippen molar-refractivity contribution in [2.45, 2.75) is 30.1 Å². The van der Waals surface area contributed by atoms with Gasteiger partial charge in [0, 0.05) is 29.4 Å². The van der Waals surface area contributed by atoms with E-state index in [1.165, 1.54) is 17.8 Å². The zero-order valence-corrected chi connectivity index (χ0v) is 21.8. The number of rotatable bonds is 5. The van der Waals surface area contributed by atoms with Gasteiger partial charge in [-0.05, 0) is 61.5 Å². The first-order chi connectivity index (χ1) is 18.0. The molecule has 1 aromatic heterocycles. The van der Waals surface area contributed by atoms with Crippen LogP contribution in [0.1, 0.15) is 27.6 Å². The van der Waals surface area contributed by atoms with E-state index in [4.69, 9.17) is 16.3 Å². The molecule has 0 aliphatic carbocycles. The highest BCUT2D eigenvalue weighted by molar-refractivity contribution is 7.99. The van der Waals surface area contributed by atoms with Crippen LogP contribution in [0.4, 0.5) is 29.3 Å². The Morgan fingerprint density at radius 1 is 1.00 bits per heavy atom. The van der Waals surface area contributed by atoms with Crippen LogP contribution in [-0.2, 0) is 10.9 Å². The average Bonchev–Trinajstić information content (AvgIpc) is 2.86. The van der Waals surface area contributed by atoms with E-state index in [1.807, 2.05) is 6.92 Å². The Bertz CT molecular complexity index is 1370. The number of nitrogens with zero attached hydrogens (tertiary/aromatic N) is 4. The van der Waals surface area contributed by atoms with Crippen LogP contribution in [0.15, 0.2) is 46.5 Å². The first kappa shape index (κ1) is 27.6. The number of amides is 3. The largest absolute Gasteiger partial charge is 0.417 e. The number of hydrogen-bond acceptors (Lipinski definition) is 7. The summed E-state index contributed by atoms with van der Waals surface area (Å²) in [7, 11) is 0. The highest BCUT2D eigenvalue weighted by atomic mass is 35.5. The molecule has 200 valence electrons. The quantitative estimate of drug-likeness (QED) is 0.424. The number of morpholine rings is 1. The summed E-state index contributed by atoms with van der Waals surface area (Å²) in [4.78, 5) is 40.5. The normalized spacial score (nSPS) is 13.8. The number of alkyl halides is 3. The highest BCUT2D eigenvalue weighted by Gasteiger charge is 2.33. The molecule has 2 heterocycles. The maximum Gasteiger partial charge on any atom is 0.417 e. The van der Waals surface area contributed by atoms with Gasteiger partial charge >= 0.3 is 12.2 Å². The van der Waals surface area contributed by atoms with E-state index in [2.05, 4.69) is 25.6 Å². The second-order valence-electron chi connectivity index (χ2n) is 8.25. The van der Waals surface area contributed by atoms with Crippen molar-refractivity contribution in [3.63, 3.8) is 0 Å². The van der Waals surface area contributed by atoms with Crippen molar-refractivity contribution in [1.29, 1.82) is 0 Å². The van der Waals surface area contributed by atoms with E-state index in [0.29, 0.717) is 47.9 Å². The van der Waals surface area contributed by atoms with Crippen molar-refractivity contribution in [2.24, 2.45) is 0 Å². The van der Waals surface area contributed by atoms with E-state index >= 15 is 0 Å². The molecular weight excluding hydrogens is 545 g/mol. The predicted octanol–water partition coefficient (Wildman–Crippen LogP) is 5.43. The summed E-state index contributed by atoms with van der Waals surface area (Å²) in [6, 6.07) is 7.43. The number of aryl methyl sites for hydroxylation is 2. The van der Waals surface area contributed by atoms with Crippen LogP contribution in [0.25, 0.3) is 0 Å². The Morgan fingerprint density at radius 3 is 2.34 bits per heavy atom. The first-order valence-electron chi connectivity index (χ1n) is 11.3. The first-order valence-corrected chi connectivity index (χ1v) is 12.5. The van der Waals surface area contributed by atoms with Gasteiger partial charge in [0.05, 0.1) is 23.8 Å². The summed E-state index contributed by atoms with van der Waals surface area (Å²) < 4.78 is 44.6. The Kier molecular flexibility index (Phi) is 8.38. The summed E-state index contributed by atoms with van der Waals surface area (Å²) >= 11 is 6.82. The SMILES string of the molecule is Cc1nc(Sc2cc(NC(=O)Nc3ccc(Cl)c(C(F)(F)F)c3)ccc2C)nc(C(=O)N2CCOCC2)n1. The monoisotopic (exact) mass is 566 g/mol. The average molecular weight is 567 g/mol. The van der Waals surface area contributed by atoms with Gasteiger partial charge in [-0.1, -0.05) is 17.7 Å². The summed E-state index contributed by atoms with van der Waals surface area (Å²) in [6.45, 7) is 5.32. The van der Waals surface area contributed by atoms with Gasteiger partial charge < -0.3 is 20.3 Å². The fourth-order valence-corrected chi connectivity index (χ4v) is 4.65. The van der Waals surface area contributed by atoms with Crippen molar-refractivity contribution in [3.05, 3.63) is 64.2 Å². The van der Waals surface area contributed by atoms with Gasteiger partial charge in [0.2, 0.25) is 5.82 Å². The molecule has 0 spiro atoms. The Morgan fingerprint density at radius 2 is 1.66 bits per heavy atom. The van der Waals surface area contributed by atoms with Crippen molar-refractivity contribution < 1.29 is 27.5 Å². The minimum Gasteiger partial charge on any atom is -0.378 e. The molecule has 2 aromatic carbocycles. The van der Waals surface area contributed by atoms with E-state index in [-0.39, 0.29) is 17.4 Å². The Labute approximate surface area is 225 Å². The van der Waals surface area contributed by atoms with Crippen molar-refractivity contribution in [1.82, 2.24) is 19.9 Å². The van der Waals surface area contributed by atoms with E-state index in [0.717, 1.165) is 17.7 Å². The number of carbonyl (C=O) groups is 2. The fraction of sp³-hybridized carbons (Fsp3) is 0.292. The van der Waals surface area contributed by atoms with Crippen LogP contribution in [0.2, 0.25) is 5.02 Å². The lowest BCUT2D eigenvalue weighted by Crippen LogP contribution is -2.41. The lowest BCUT2D eigenvalue weighted by molar-refractivity contribution is -0.137. The molecular formula is C24H22ClF3N6O3S. The molecule has 38 heavy (non-hydrogen) atoms. The minimum atomic E-state index is -4.66. The van der Waals surface area contributed by atoms with Gasteiger partial charge in [0.1, 0.15) is 5.82 Å². The van der Waals surface area contributed by atoms with Gasteiger partial charge in [-0.25, -0.2) is 14.8 Å². The molecule has 2 N–H and O–H groups in total. The third kappa shape index (κ3) is 6.91. The molecule has 0 atom stereocenters. The lowest BCUT2D eigenvalue weighted by Gasteiger charge is -2.26. The van der Waals surface area contributed by atoms with Gasteiger partial charge in [-0.3, -0.25) is 4.79 Å².